The number of piperazine rings is 1. The van der Waals surface area contributed by atoms with Gasteiger partial charge in [0.15, 0.2) is 5.75 Å². The fourth-order valence-corrected chi connectivity index (χ4v) is 5.04. The number of carbonyl (C=O) groups excluding carboxylic acids is 2. The summed E-state index contributed by atoms with van der Waals surface area (Å²) in [5.74, 6) is 0.165. The molecule has 0 radical (unpaired) electrons. The Kier molecular flexibility index (Phi) is 8.73. The Balaban J connectivity index is 1.25. The van der Waals surface area contributed by atoms with Gasteiger partial charge < -0.3 is 25.0 Å². The number of hydrogen-bond donors (Lipinski definition) is 2. The van der Waals surface area contributed by atoms with Gasteiger partial charge in [-0.2, -0.15) is 0 Å². The average Bonchev–Trinajstić information content (AvgIpc) is 2.97. The number of benzene rings is 1. The molecule has 1 atom stereocenters. The van der Waals surface area contributed by atoms with Crippen molar-refractivity contribution in [2.24, 2.45) is 0 Å². The largest absolute Gasteiger partial charge is 0.488 e. The van der Waals surface area contributed by atoms with Crippen LogP contribution in [0.15, 0.2) is 48.8 Å². The molecule has 210 valence electrons. The summed E-state index contributed by atoms with van der Waals surface area (Å²) in [6, 6.07) is 9.75. The summed E-state index contributed by atoms with van der Waals surface area (Å²) in [5.41, 5.74) is 2.24. The van der Waals surface area contributed by atoms with Crippen molar-refractivity contribution in [2.45, 2.75) is 18.9 Å². The highest BCUT2D eigenvalue weighted by Crippen LogP contribution is 2.39. The van der Waals surface area contributed by atoms with Crippen molar-refractivity contribution < 1.29 is 23.5 Å². The Morgan fingerprint density at radius 3 is 2.95 bits per heavy atom. The van der Waals surface area contributed by atoms with E-state index in [1.807, 2.05) is 11.0 Å². The first-order chi connectivity index (χ1) is 19.4. The Labute approximate surface area is 236 Å². The van der Waals surface area contributed by atoms with Crippen LogP contribution in [0, 0.1) is 5.82 Å². The van der Waals surface area contributed by atoms with Crippen molar-refractivity contribution in [3.63, 3.8) is 0 Å². The van der Waals surface area contributed by atoms with Crippen molar-refractivity contribution >= 4 is 40.7 Å². The van der Waals surface area contributed by atoms with Gasteiger partial charge in [-0.1, -0.05) is 11.6 Å². The highest BCUT2D eigenvalue weighted by atomic mass is 35.5. The number of anilines is 3. The number of nitrogens with one attached hydrogen (secondary N) is 2. The van der Waals surface area contributed by atoms with E-state index in [1.54, 1.807) is 30.6 Å². The Bertz CT molecular complexity index is 1390. The average molecular weight is 569 g/mol. The molecule has 12 heteroatoms. The molecule has 1 unspecified atom stereocenters. The van der Waals surface area contributed by atoms with E-state index in [1.165, 1.54) is 19.2 Å². The van der Waals surface area contributed by atoms with Crippen LogP contribution in [0.1, 0.15) is 12.8 Å². The van der Waals surface area contributed by atoms with Crippen LogP contribution in [0.25, 0.3) is 11.3 Å². The Morgan fingerprint density at radius 1 is 1.23 bits per heavy atom. The van der Waals surface area contributed by atoms with E-state index in [2.05, 4.69) is 25.5 Å². The van der Waals surface area contributed by atoms with Gasteiger partial charge in [0.2, 0.25) is 5.91 Å². The number of halogens is 2. The van der Waals surface area contributed by atoms with Gasteiger partial charge in [-0.05, 0) is 30.3 Å². The molecule has 40 heavy (non-hydrogen) atoms. The topological polar surface area (TPSA) is 109 Å². The van der Waals surface area contributed by atoms with Crippen molar-refractivity contribution in [3.05, 3.63) is 59.6 Å². The molecule has 4 heterocycles. The van der Waals surface area contributed by atoms with E-state index in [0.717, 1.165) is 24.5 Å². The zero-order valence-electron chi connectivity index (χ0n) is 22.0. The van der Waals surface area contributed by atoms with E-state index < -0.39 is 5.82 Å². The maximum absolute atomic E-state index is 14.5. The SMILES string of the molecule is COC(=O)CC1CN(CCC(=O)Nc2cc(N3CCOc4cnc(-c5cc(Cl)ccc5F)cc43)ccn2)CCN1. The van der Waals surface area contributed by atoms with Crippen LogP contribution in [-0.2, 0) is 14.3 Å². The number of nitrogens with zero attached hydrogens (tertiary/aromatic N) is 4. The van der Waals surface area contributed by atoms with Gasteiger partial charge in [-0.3, -0.25) is 19.5 Å². The molecule has 1 amide bonds. The monoisotopic (exact) mass is 568 g/mol. The lowest BCUT2D eigenvalue weighted by Crippen LogP contribution is -2.51. The number of rotatable bonds is 8. The van der Waals surface area contributed by atoms with Crippen LogP contribution in [0.4, 0.5) is 21.6 Å². The van der Waals surface area contributed by atoms with Gasteiger partial charge in [0.05, 0.1) is 37.7 Å². The molecule has 2 aromatic heterocycles. The summed E-state index contributed by atoms with van der Waals surface area (Å²) >= 11 is 6.10. The van der Waals surface area contributed by atoms with Crippen LogP contribution in [-0.4, -0.2) is 79.2 Å². The smallest absolute Gasteiger partial charge is 0.307 e. The van der Waals surface area contributed by atoms with Crippen molar-refractivity contribution in [1.29, 1.82) is 0 Å². The Morgan fingerprint density at radius 2 is 2.10 bits per heavy atom. The number of esters is 1. The lowest BCUT2D eigenvalue weighted by atomic mass is 10.1. The second kappa shape index (κ2) is 12.6. The molecule has 0 bridgehead atoms. The maximum atomic E-state index is 14.5. The molecule has 2 aliphatic rings. The van der Waals surface area contributed by atoms with E-state index in [-0.39, 0.29) is 24.3 Å². The standard InChI is InChI=1S/C28H30ClFN6O4/c1-39-28(38)13-19-17-35(9-7-31-19)8-5-27(37)34-26-14-20(4-6-32-26)36-10-11-40-25-16-33-23(15-24(25)36)21-12-18(29)2-3-22(21)30/h2-4,6,12,14-16,19,31H,5,7-11,13,17H2,1H3,(H,32,34,37). The number of hydrogen-bond acceptors (Lipinski definition) is 9. The van der Waals surface area contributed by atoms with Crippen LogP contribution in [0.3, 0.4) is 0 Å². The van der Waals surface area contributed by atoms with E-state index in [4.69, 9.17) is 21.1 Å². The third-order valence-electron chi connectivity index (χ3n) is 6.87. The molecule has 3 aromatic rings. The van der Waals surface area contributed by atoms with Crippen molar-refractivity contribution in [3.8, 4) is 17.0 Å². The van der Waals surface area contributed by atoms with Gasteiger partial charge in [0, 0.05) is 67.2 Å². The van der Waals surface area contributed by atoms with Crippen LogP contribution >= 0.6 is 11.6 Å². The second-order valence-electron chi connectivity index (χ2n) is 9.59. The van der Waals surface area contributed by atoms with Gasteiger partial charge in [-0.25, -0.2) is 9.37 Å². The van der Waals surface area contributed by atoms with Gasteiger partial charge in [0.25, 0.3) is 0 Å². The molecule has 2 N–H and O–H groups in total. The molecule has 0 saturated carbocycles. The van der Waals surface area contributed by atoms with Gasteiger partial charge in [0.1, 0.15) is 18.2 Å². The minimum atomic E-state index is -0.422. The zero-order valence-corrected chi connectivity index (χ0v) is 22.8. The summed E-state index contributed by atoms with van der Waals surface area (Å²) in [4.78, 5) is 37.2. The number of carbonyl (C=O) groups is 2. The summed E-state index contributed by atoms with van der Waals surface area (Å²) in [6.07, 6.45) is 3.79. The molecule has 0 aliphatic carbocycles. The number of amides is 1. The normalized spacial score (nSPS) is 17.1. The fraction of sp³-hybridized carbons (Fsp3) is 0.357. The van der Waals surface area contributed by atoms with Crippen molar-refractivity contribution in [1.82, 2.24) is 20.2 Å². The van der Waals surface area contributed by atoms with E-state index in [0.29, 0.717) is 60.5 Å². The van der Waals surface area contributed by atoms with Crippen LogP contribution in [0.2, 0.25) is 5.02 Å². The molecule has 10 nitrogen and oxygen atoms in total. The second-order valence-corrected chi connectivity index (χ2v) is 10.0. The minimum absolute atomic E-state index is 0.00472. The molecule has 1 fully saturated rings. The van der Waals surface area contributed by atoms with Gasteiger partial charge in [-0.15, -0.1) is 0 Å². The third kappa shape index (κ3) is 6.67. The minimum Gasteiger partial charge on any atom is -0.488 e. The summed E-state index contributed by atoms with van der Waals surface area (Å²) in [7, 11) is 1.38. The lowest BCUT2D eigenvalue weighted by molar-refractivity contribution is -0.141. The number of fused-ring (bicyclic) bond motifs is 1. The van der Waals surface area contributed by atoms with Crippen LogP contribution in [0.5, 0.6) is 5.75 Å². The number of methoxy groups -OCH3 is 1. The highest BCUT2D eigenvalue weighted by molar-refractivity contribution is 6.30. The number of aromatic nitrogens is 2. The molecule has 1 aromatic carbocycles. The first kappa shape index (κ1) is 27.8. The lowest BCUT2D eigenvalue weighted by Gasteiger charge is -2.33. The predicted octanol–water partition coefficient (Wildman–Crippen LogP) is 3.63. The summed E-state index contributed by atoms with van der Waals surface area (Å²) in [6.45, 7) is 3.76. The van der Waals surface area contributed by atoms with Crippen LogP contribution < -0.4 is 20.3 Å². The molecular formula is C28H30ClFN6O4. The van der Waals surface area contributed by atoms with Crippen molar-refractivity contribution in [2.75, 3.05) is 56.7 Å². The molecule has 0 spiro atoms. The quantitative estimate of drug-likeness (QED) is 0.394. The predicted molar refractivity (Wildman–Crippen MR) is 149 cm³/mol. The van der Waals surface area contributed by atoms with Gasteiger partial charge >= 0.3 is 5.97 Å². The molecule has 2 aliphatic heterocycles. The Hall–Kier alpha value is -3.80. The first-order valence-corrected chi connectivity index (χ1v) is 13.4. The summed E-state index contributed by atoms with van der Waals surface area (Å²) in [5, 5.41) is 6.61. The molecular weight excluding hydrogens is 539 g/mol. The zero-order chi connectivity index (χ0) is 28.1. The van der Waals surface area contributed by atoms with E-state index in [9.17, 15) is 14.0 Å². The highest BCUT2D eigenvalue weighted by Gasteiger charge is 2.24. The molecule has 5 rings (SSSR count). The fourth-order valence-electron chi connectivity index (χ4n) is 4.87. The maximum Gasteiger partial charge on any atom is 0.307 e. The third-order valence-corrected chi connectivity index (χ3v) is 7.11. The number of pyridine rings is 2. The summed E-state index contributed by atoms with van der Waals surface area (Å²) < 4.78 is 25.1. The molecule has 1 saturated heterocycles. The number of ether oxygens (including phenoxy) is 2. The first-order valence-electron chi connectivity index (χ1n) is 13.0. The van der Waals surface area contributed by atoms with E-state index >= 15 is 0 Å².